The van der Waals surface area contributed by atoms with Gasteiger partial charge in [0.25, 0.3) is 15.9 Å². The molecule has 140 valence electrons. The third-order valence-corrected chi connectivity index (χ3v) is 4.91. The Kier molecular flexibility index (Phi) is 4.62. The predicted octanol–water partition coefficient (Wildman–Crippen LogP) is 2.19. The van der Waals surface area contributed by atoms with Gasteiger partial charge in [-0.15, -0.1) is 0 Å². The van der Waals surface area contributed by atoms with Gasteiger partial charge in [0, 0.05) is 11.9 Å². The Balaban J connectivity index is 1.85. The van der Waals surface area contributed by atoms with E-state index in [0.717, 1.165) is 0 Å². The minimum absolute atomic E-state index is 0.0464. The number of hydrogen-bond acceptors (Lipinski definition) is 4. The van der Waals surface area contributed by atoms with Crippen molar-refractivity contribution in [3.63, 3.8) is 0 Å². The lowest BCUT2D eigenvalue weighted by Crippen LogP contribution is -2.16. The molecule has 3 rings (SSSR count). The van der Waals surface area contributed by atoms with Gasteiger partial charge in [-0.05, 0) is 42.5 Å². The van der Waals surface area contributed by atoms with E-state index in [1.54, 1.807) is 0 Å². The molecular weight excluding hydrogens is 385 g/mol. The average molecular weight is 396 g/mol. The van der Waals surface area contributed by atoms with Gasteiger partial charge in [0.15, 0.2) is 17.5 Å². The summed E-state index contributed by atoms with van der Waals surface area (Å²) < 4.78 is 67.8. The lowest BCUT2D eigenvalue weighted by atomic mass is 10.3. The standard InChI is InChI=1S/C16H11F3N4O3S/c17-11-5-6-13(15(19)14(11)18)27(25,26)22-9-1-3-10(4-2-9)23-8-7-12(21-23)16(20)24/h1-8,22H,(H2,20,24). The van der Waals surface area contributed by atoms with Gasteiger partial charge in [-0.3, -0.25) is 9.52 Å². The normalized spacial score (nSPS) is 11.4. The van der Waals surface area contributed by atoms with Crippen LogP contribution >= 0.6 is 0 Å². The van der Waals surface area contributed by atoms with E-state index in [2.05, 4.69) is 9.82 Å². The van der Waals surface area contributed by atoms with Crippen LogP contribution in [0.1, 0.15) is 10.5 Å². The zero-order chi connectivity index (χ0) is 19.8. The Morgan fingerprint density at radius 2 is 1.67 bits per heavy atom. The van der Waals surface area contributed by atoms with Crippen molar-refractivity contribution in [2.75, 3.05) is 4.72 Å². The number of halogens is 3. The van der Waals surface area contributed by atoms with E-state index in [9.17, 15) is 26.4 Å². The number of sulfonamides is 1. The Hall–Kier alpha value is -3.34. The number of aromatic nitrogens is 2. The topological polar surface area (TPSA) is 107 Å². The summed E-state index contributed by atoms with van der Waals surface area (Å²) in [5.41, 5.74) is 5.70. The molecule has 0 unspecified atom stereocenters. The zero-order valence-electron chi connectivity index (χ0n) is 13.4. The van der Waals surface area contributed by atoms with Crippen LogP contribution in [0.2, 0.25) is 0 Å². The summed E-state index contributed by atoms with van der Waals surface area (Å²) in [6.07, 6.45) is 1.48. The van der Waals surface area contributed by atoms with Gasteiger partial charge in [-0.25, -0.2) is 26.3 Å². The van der Waals surface area contributed by atoms with E-state index < -0.39 is 38.3 Å². The SMILES string of the molecule is NC(=O)c1ccn(-c2ccc(NS(=O)(=O)c3ccc(F)c(F)c3F)cc2)n1. The molecular formula is C16H11F3N4O3S. The second-order valence-corrected chi connectivity index (χ2v) is 6.99. The molecule has 0 radical (unpaired) electrons. The average Bonchev–Trinajstić information content (AvgIpc) is 3.10. The van der Waals surface area contributed by atoms with E-state index in [1.165, 1.54) is 41.2 Å². The lowest BCUT2D eigenvalue weighted by Gasteiger charge is -2.10. The first-order valence-corrected chi connectivity index (χ1v) is 8.79. The molecule has 0 spiro atoms. The largest absolute Gasteiger partial charge is 0.364 e. The van der Waals surface area contributed by atoms with Crippen molar-refractivity contribution in [1.29, 1.82) is 0 Å². The molecule has 0 atom stereocenters. The summed E-state index contributed by atoms with van der Waals surface area (Å²) in [5, 5.41) is 3.94. The van der Waals surface area contributed by atoms with Gasteiger partial charge in [-0.2, -0.15) is 5.10 Å². The maximum absolute atomic E-state index is 13.7. The number of primary amides is 1. The number of nitrogens with two attached hydrogens (primary N) is 1. The fourth-order valence-corrected chi connectivity index (χ4v) is 3.34. The highest BCUT2D eigenvalue weighted by Crippen LogP contribution is 2.23. The third kappa shape index (κ3) is 3.62. The summed E-state index contributed by atoms with van der Waals surface area (Å²) in [6, 6.07) is 8.18. The van der Waals surface area contributed by atoms with Crippen LogP contribution in [0.15, 0.2) is 53.6 Å². The van der Waals surface area contributed by atoms with Crippen LogP contribution in [0.4, 0.5) is 18.9 Å². The number of carbonyl (C=O) groups is 1. The number of benzene rings is 2. The van der Waals surface area contributed by atoms with E-state index in [0.29, 0.717) is 17.8 Å². The Labute approximate surface area is 151 Å². The molecule has 3 N–H and O–H groups in total. The highest BCUT2D eigenvalue weighted by Gasteiger charge is 2.24. The maximum Gasteiger partial charge on any atom is 0.269 e. The molecule has 0 fully saturated rings. The van der Waals surface area contributed by atoms with Crippen molar-refractivity contribution in [3.05, 3.63) is 71.8 Å². The van der Waals surface area contributed by atoms with Crippen LogP contribution in [0.5, 0.6) is 0 Å². The van der Waals surface area contributed by atoms with Crippen molar-refractivity contribution >= 4 is 21.6 Å². The summed E-state index contributed by atoms with van der Waals surface area (Å²) in [4.78, 5) is 10.0. The van der Waals surface area contributed by atoms with Crippen molar-refractivity contribution in [3.8, 4) is 5.69 Å². The van der Waals surface area contributed by atoms with Crippen LogP contribution in [-0.4, -0.2) is 24.1 Å². The maximum atomic E-state index is 13.7. The fraction of sp³-hybridized carbons (Fsp3) is 0. The summed E-state index contributed by atoms with van der Waals surface area (Å²) in [6.45, 7) is 0. The molecule has 0 saturated heterocycles. The van der Waals surface area contributed by atoms with Crippen LogP contribution < -0.4 is 10.5 Å². The number of carbonyl (C=O) groups excluding carboxylic acids is 1. The molecule has 27 heavy (non-hydrogen) atoms. The molecule has 0 saturated carbocycles. The van der Waals surface area contributed by atoms with Gasteiger partial charge in [0.1, 0.15) is 10.6 Å². The molecule has 0 bridgehead atoms. The van der Waals surface area contributed by atoms with Gasteiger partial charge >= 0.3 is 0 Å². The first-order chi connectivity index (χ1) is 12.7. The minimum Gasteiger partial charge on any atom is -0.364 e. The highest BCUT2D eigenvalue weighted by atomic mass is 32.2. The molecule has 2 aromatic carbocycles. The number of anilines is 1. The van der Waals surface area contributed by atoms with E-state index in [1.807, 2.05) is 0 Å². The van der Waals surface area contributed by atoms with Crippen LogP contribution in [-0.2, 0) is 10.0 Å². The Morgan fingerprint density at radius 1 is 1.00 bits per heavy atom. The number of nitrogens with one attached hydrogen (secondary N) is 1. The molecule has 3 aromatic rings. The second-order valence-electron chi connectivity index (χ2n) is 5.34. The first kappa shape index (κ1) is 18.5. The fourth-order valence-electron chi connectivity index (χ4n) is 2.21. The summed E-state index contributed by atoms with van der Waals surface area (Å²) >= 11 is 0. The van der Waals surface area contributed by atoms with Crippen molar-refractivity contribution < 1.29 is 26.4 Å². The van der Waals surface area contributed by atoms with Crippen molar-refractivity contribution in [2.24, 2.45) is 5.73 Å². The smallest absolute Gasteiger partial charge is 0.269 e. The van der Waals surface area contributed by atoms with Gasteiger partial charge in [-0.1, -0.05) is 0 Å². The number of hydrogen-bond donors (Lipinski definition) is 2. The van der Waals surface area contributed by atoms with Crippen LogP contribution in [0.25, 0.3) is 5.69 Å². The molecule has 1 aromatic heterocycles. The number of rotatable bonds is 5. The number of nitrogens with zero attached hydrogens (tertiary/aromatic N) is 2. The monoisotopic (exact) mass is 396 g/mol. The molecule has 0 aliphatic rings. The predicted molar refractivity (Wildman–Crippen MR) is 89.2 cm³/mol. The highest BCUT2D eigenvalue weighted by molar-refractivity contribution is 7.92. The molecule has 0 aliphatic heterocycles. The quantitative estimate of drug-likeness (QED) is 0.645. The van der Waals surface area contributed by atoms with Gasteiger partial charge in [0.2, 0.25) is 0 Å². The Bertz CT molecular complexity index is 1130. The third-order valence-electron chi connectivity index (χ3n) is 3.51. The lowest BCUT2D eigenvalue weighted by molar-refractivity contribution is 0.0995. The minimum atomic E-state index is -4.48. The van der Waals surface area contributed by atoms with E-state index in [-0.39, 0.29) is 11.4 Å². The summed E-state index contributed by atoms with van der Waals surface area (Å²) in [5.74, 6) is -5.89. The molecule has 11 heteroatoms. The van der Waals surface area contributed by atoms with Crippen LogP contribution in [0.3, 0.4) is 0 Å². The van der Waals surface area contributed by atoms with E-state index >= 15 is 0 Å². The van der Waals surface area contributed by atoms with E-state index in [4.69, 9.17) is 5.73 Å². The molecule has 7 nitrogen and oxygen atoms in total. The number of amides is 1. The first-order valence-electron chi connectivity index (χ1n) is 7.31. The summed E-state index contributed by atoms with van der Waals surface area (Å²) in [7, 11) is -4.48. The molecule has 0 aliphatic carbocycles. The van der Waals surface area contributed by atoms with Gasteiger partial charge < -0.3 is 5.73 Å². The van der Waals surface area contributed by atoms with Crippen molar-refractivity contribution in [1.82, 2.24) is 9.78 Å². The molecule has 1 heterocycles. The van der Waals surface area contributed by atoms with Crippen LogP contribution in [0, 0.1) is 17.5 Å². The zero-order valence-corrected chi connectivity index (χ0v) is 14.2. The second kappa shape index (κ2) is 6.76. The Morgan fingerprint density at radius 3 is 2.26 bits per heavy atom. The van der Waals surface area contributed by atoms with Gasteiger partial charge in [0.05, 0.1) is 5.69 Å². The van der Waals surface area contributed by atoms with Crippen molar-refractivity contribution in [2.45, 2.75) is 4.90 Å². The molecule has 1 amide bonds.